The predicted molar refractivity (Wildman–Crippen MR) is 117 cm³/mol. The van der Waals surface area contributed by atoms with Crippen LogP contribution in [-0.2, 0) is 20.9 Å². The quantitative estimate of drug-likeness (QED) is 0.207. The molecular formula is C25H18O6. The van der Waals surface area contributed by atoms with Crippen molar-refractivity contribution in [2.45, 2.75) is 6.61 Å². The molecule has 6 nitrogen and oxygen atoms in total. The molecule has 0 unspecified atom stereocenters. The van der Waals surface area contributed by atoms with Crippen LogP contribution < -0.4 is 5.63 Å². The predicted octanol–water partition coefficient (Wildman–Crippen LogP) is 4.49. The second-order valence-corrected chi connectivity index (χ2v) is 6.81. The van der Waals surface area contributed by atoms with Crippen LogP contribution in [0.3, 0.4) is 0 Å². The van der Waals surface area contributed by atoms with Gasteiger partial charge < -0.3 is 13.9 Å². The van der Waals surface area contributed by atoms with Crippen molar-refractivity contribution < 1.29 is 23.5 Å². The molecule has 4 rings (SSSR count). The Morgan fingerprint density at radius 1 is 1.00 bits per heavy atom. The fourth-order valence-corrected chi connectivity index (χ4v) is 3.34. The zero-order valence-electron chi connectivity index (χ0n) is 16.7. The maximum Gasteiger partial charge on any atom is 0.337 e. The van der Waals surface area contributed by atoms with Gasteiger partial charge in [-0.1, -0.05) is 42.5 Å². The molecule has 6 heteroatoms. The first-order valence-corrected chi connectivity index (χ1v) is 9.53. The monoisotopic (exact) mass is 414 g/mol. The van der Waals surface area contributed by atoms with E-state index in [1.807, 2.05) is 30.3 Å². The number of fused-ring (bicyclic) bond motifs is 3. The molecule has 0 aliphatic rings. The summed E-state index contributed by atoms with van der Waals surface area (Å²) in [5, 5.41) is 2.65. The molecule has 0 bridgehead atoms. The Labute approximate surface area is 177 Å². The van der Waals surface area contributed by atoms with Gasteiger partial charge in [-0.25, -0.2) is 14.4 Å². The van der Waals surface area contributed by atoms with Gasteiger partial charge in [0.1, 0.15) is 12.2 Å². The number of ether oxygens (including phenoxy) is 2. The van der Waals surface area contributed by atoms with Gasteiger partial charge in [0, 0.05) is 23.1 Å². The maximum absolute atomic E-state index is 12.2. The molecule has 0 N–H and O–H groups in total. The van der Waals surface area contributed by atoms with Crippen LogP contribution in [0.1, 0.15) is 21.5 Å². The fraction of sp³-hybridized carbons (Fsp3) is 0.0800. The Hall–Kier alpha value is -4.19. The topological polar surface area (TPSA) is 82.8 Å². The summed E-state index contributed by atoms with van der Waals surface area (Å²) in [4.78, 5) is 35.6. The molecule has 1 heterocycles. The van der Waals surface area contributed by atoms with Gasteiger partial charge in [-0.3, -0.25) is 0 Å². The second-order valence-electron chi connectivity index (χ2n) is 6.81. The first kappa shape index (κ1) is 20.1. The molecule has 0 fully saturated rings. The Kier molecular flexibility index (Phi) is 5.62. The smallest absolute Gasteiger partial charge is 0.337 e. The van der Waals surface area contributed by atoms with Crippen LogP contribution in [0.2, 0.25) is 0 Å². The lowest BCUT2D eigenvalue weighted by molar-refractivity contribution is -0.138. The molecule has 31 heavy (non-hydrogen) atoms. The van der Waals surface area contributed by atoms with Gasteiger partial charge in [-0.2, -0.15) is 0 Å². The van der Waals surface area contributed by atoms with E-state index >= 15 is 0 Å². The van der Waals surface area contributed by atoms with Gasteiger partial charge in [0.25, 0.3) is 0 Å². The highest BCUT2D eigenvalue weighted by atomic mass is 16.5. The third kappa shape index (κ3) is 4.38. The van der Waals surface area contributed by atoms with E-state index in [-0.39, 0.29) is 6.61 Å². The summed E-state index contributed by atoms with van der Waals surface area (Å²) in [6.07, 6.45) is 2.87. The number of benzene rings is 3. The fourth-order valence-electron chi connectivity index (χ4n) is 3.34. The number of esters is 2. The molecule has 4 aromatic rings. The van der Waals surface area contributed by atoms with Crippen molar-refractivity contribution in [3.63, 3.8) is 0 Å². The minimum absolute atomic E-state index is 0.0689. The SMILES string of the molecule is COC(=O)c1ccc(/C=C/C(=O)OCc2cc(=O)oc3ccc4ccccc4c23)cc1. The van der Waals surface area contributed by atoms with E-state index in [4.69, 9.17) is 9.15 Å². The van der Waals surface area contributed by atoms with Crippen molar-refractivity contribution in [1.82, 2.24) is 0 Å². The lowest BCUT2D eigenvalue weighted by Gasteiger charge is -2.08. The molecule has 0 saturated carbocycles. The molecule has 0 radical (unpaired) electrons. The van der Waals surface area contributed by atoms with Gasteiger partial charge in [-0.05, 0) is 40.6 Å². The first-order valence-electron chi connectivity index (χ1n) is 9.53. The average molecular weight is 414 g/mol. The van der Waals surface area contributed by atoms with E-state index in [1.54, 1.807) is 36.4 Å². The number of methoxy groups -OCH3 is 1. The number of carbonyl (C=O) groups excluding carboxylic acids is 2. The third-order valence-electron chi connectivity index (χ3n) is 4.83. The summed E-state index contributed by atoms with van der Waals surface area (Å²) in [6.45, 7) is -0.0689. The molecule has 0 aliphatic carbocycles. The highest BCUT2D eigenvalue weighted by Gasteiger charge is 2.11. The number of hydrogen-bond acceptors (Lipinski definition) is 6. The largest absolute Gasteiger partial charge is 0.465 e. The van der Waals surface area contributed by atoms with Gasteiger partial charge in [0.2, 0.25) is 0 Å². The van der Waals surface area contributed by atoms with Crippen molar-refractivity contribution >= 4 is 39.8 Å². The van der Waals surface area contributed by atoms with E-state index in [0.29, 0.717) is 16.7 Å². The lowest BCUT2D eigenvalue weighted by Crippen LogP contribution is -2.06. The summed E-state index contributed by atoms with van der Waals surface area (Å²) >= 11 is 0. The molecule has 0 spiro atoms. The maximum atomic E-state index is 12.2. The average Bonchev–Trinajstić information content (AvgIpc) is 2.80. The van der Waals surface area contributed by atoms with Crippen molar-refractivity contribution in [2.24, 2.45) is 0 Å². The Morgan fingerprint density at radius 3 is 2.55 bits per heavy atom. The van der Waals surface area contributed by atoms with E-state index < -0.39 is 17.6 Å². The molecule has 0 saturated heterocycles. The molecule has 0 amide bonds. The normalized spacial score (nSPS) is 11.1. The summed E-state index contributed by atoms with van der Waals surface area (Å²) < 4.78 is 15.3. The van der Waals surface area contributed by atoms with E-state index in [1.165, 1.54) is 19.3 Å². The van der Waals surface area contributed by atoms with Gasteiger partial charge in [0.05, 0.1) is 12.7 Å². The van der Waals surface area contributed by atoms with Crippen molar-refractivity contribution in [1.29, 1.82) is 0 Å². The van der Waals surface area contributed by atoms with E-state index in [0.717, 1.165) is 21.7 Å². The third-order valence-corrected chi connectivity index (χ3v) is 4.83. The summed E-state index contributed by atoms with van der Waals surface area (Å²) in [5.41, 5.74) is 1.66. The standard InChI is InChI=1S/C25H18O6/c1-29-25(28)18-9-6-16(7-10-18)8-13-22(26)30-15-19-14-23(27)31-21-12-11-17-4-2-3-5-20(17)24(19)21/h2-14H,15H2,1H3/b13-8+. The van der Waals surface area contributed by atoms with Gasteiger partial charge in [-0.15, -0.1) is 0 Å². The van der Waals surface area contributed by atoms with Crippen LogP contribution in [0.4, 0.5) is 0 Å². The Morgan fingerprint density at radius 2 is 1.77 bits per heavy atom. The van der Waals surface area contributed by atoms with Crippen LogP contribution in [0.15, 0.2) is 82.0 Å². The van der Waals surface area contributed by atoms with E-state index in [9.17, 15) is 14.4 Å². The molecule has 154 valence electrons. The highest BCUT2D eigenvalue weighted by Crippen LogP contribution is 2.27. The minimum Gasteiger partial charge on any atom is -0.465 e. The molecule has 3 aromatic carbocycles. The molecule has 0 atom stereocenters. The molecule has 1 aromatic heterocycles. The van der Waals surface area contributed by atoms with Crippen LogP contribution in [-0.4, -0.2) is 19.0 Å². The van der Waals surface area contributed by atoms with E-state index in [2.05, 4.69) is 4.74 Å². The molecule has 0 aliphatic heterocycles. The molecular weight excluding hydrogens is 396 g/mol. The second kappa shape index (κ2) is 8.67. The van der Waals surface area contributed by atoms with Crippen LogP contribution in [0, 0.1) is 0 Å². The summed E-state index contributed by atoms with van der Waals surface area (Å²) in [5.74, 6) is -0.985. The lowest BCUT2D eigenvalue weighted by atomic mass is 10.0. The van der Waals surface area contributed by atoms with Crippen LogP contribution in [0.5, 0.6) is 0 Å². The summed E-state index contributed by atoms with van der Waals surface area (Å²) in [7, 11) is 1.31. The Bertz CT molecular complexity index is 1360. The Balaban J connectivity index is 1.53. The van der Waals surface area contributed by atoms with Crippen molar-refractivity contribution in [3.05, 3.63) is 99.9 Å². The number of rotatable bonds is 5. The minimum atomic E-state index is -0.557. The highest BCUT2D eigenvalue weighted by molar-refractivity contribution is 6.07. The van der Waals surface area contributed by atoms with Crippen molar-refractivity contribution in [2.75, 3.05) is 7.11 Å². The van der Waals surface area contributed by atoms with Gasteiger partial charge >= 0.3 is 17.6 Å². The number of carbonyl (C=O) groups is 2. The first-order chi connectivity index (χ1) is 15.0. The summed E-state index contributed by atoms with van der Waals surface area (Å²) in [6, 6.07) is 19.3. The zero-order valence-corrected chi connectivity index (χ0v) is 16.7. The van der Waals surface area contributed by atoms with Crippen LogP contribution in [0.25, 0.3) is 27.8 Å². The van der Waals surface area contributed by atoms with Crippen molar-refractivity contribution in [3.8, 4) is 0 Å². The van der Waals surface area contributed by atoms with Crippen LogP contribution >= 0.6 is 0 Å². The zero-order chi connectivity index (χ0) is 21.8. The number of hydrogen-bond donors (Lipinski definition) is 0. The van der Waals surface area contributed by atoms with Gasteiger partial charge in [0.15, 0.2) is 0 Å².